The second kappa shape index (κ2) is 6.11. The molecule has 0 aromatic carbocycles. The molecule has 0 amide bonds. The SMILES string of the molecule is COCc1cc(N[C@@H](C)CO)nc(C(C)(C)C)n1. The number of nitrogens with zero attached hydrogens (tertiary/aromatic N) is 2. The predicted octanol–water partition coefficient (Wildman–Crippen LogP) is 1.71. The molecule has 0 saturated heterocycles. The van der Waals surface area contributed by atoms with Gasteiger partial charge in [0.25, 0.3) is 0 Å². The summed E-state index contributed by atoms with van der Waals surface area (Å²) in [5.74, 6) is 1.49. The monoisotopic (exact) mass is 253 g/mol. The summed E-state index contributed by atoms with van der Waals surface area (Å²) in [5.41, 5.74) is 0.716. The maximum absolute atomic E-state index is 9.07. The number of ether oxygens (including phenoxy) is 1. The van der Waals surface area contributed by atoms with Crippen LogP contribution in [0.15, 0.2) is 6.07 Å². The van der Waals surface area contributed by atoms with Crippen molar-refractivity contribution in [2.24, 2.45) is 0 Å². The Labute approximate surface area is 109 Å². The summed E-state index contributed by atoms with van der Waals surface area (Å²) < 4.78 is 5.11. The first-order chi connectivity index (χ1) is 8.36. The van der Waals surface area contributed by atoms with Gasteiger partial charge < -0.3 is 15.2 Å². The van der Waals surface area contributed by atoms with Crippen LogP contribution in [0.25, 0.3) is 0 Å². The van der Waals surface area contributed by atoms with E-state index in [-0.39, 0.29) is 18.1 Å². The van der Waals surface area contributed by atoms with Gasteiger partial charge in [0.2, 0.25) is 0 Å². The van der Waals surface area contributed by atoms with Crippen LogP contribution in [0.3, 0.4) is 0 Å². The van der Waals surface area contributed by atoms with E-state index in [9.17, 15) is 0 Å². The molecule has 0 fully saturated rings. The molecule has 1 rings (SSSR count). The Morgan fingerprint density at radius 3 is 2.56 bits per heavy atom. The first kappa shape index (κ1) is 14.9. The fourth-order valence-corrected chi connectivity index (χ4v) is 1.43. The quantitative estimate of drug-likeness (QED) is 0.836. The zero-order chi connectivity index (χ0) is 13.8. The molecule has 0 bridgehead atoms. The fraction of sp³-hybridized carbons (Fsp3) is 0.692. The molecule has 18 heavy (non-hydrogen) atoms. The van der Waals surface area contributed by atoms with Crippen molar-refractivity contribution in [3.8, 4) is 0 Å². The molecular weight excluding hydrogens is 230 g/mol. The number of rotatable bonds is 5. The summed E-state index contributed by atoms with van der Waals surface area (Å²) in [5, 5.41) is 12.2. The first-order valence-corrected chi connectivity index (χ1v) is 6.11. The Bertz CT molecular complexity index is 388. The maximum Gasteiger partial charge on any atom is 0.136 e. The molecule has 0 radical (unpaired) electrons. The van der Waals surface area contributed by atoms with Gasteiger partial charge in [-0.1, -0.05) is 20.8 Å². The molecule has 0 aliphatic heterocycles. The second-order valence-electron chi connectivity index (χ2n) is 5.48. The van der Waals surface area contributed by atoms with Gasteiger partial charge in [0.05, 0.1) is 18.9 Å². The van der Waals surface area contributed by atoms with Gasteiger partial charge in [0, 0.05) is 24.6 Å². The normalized spacial score (nSPS) is 13.4. The van der Waals surface area contributed by atoms with Gasteiger partial charge in [-0.15, -0.1) is 0 Å². The van der Waals surface area contributed by atoms with E-state index >= 15 is 0 Å². The van der Waals surface area contributed by atoms with Crippen molar-refractivity contribution in [1.29, 1.82) is 0 Å². The first-order valence-electron chi connectivity index (χ1n) is 6.11. The van der Waals surface area contributed by atoms with Crippen molar-refractivity contribution >= 4 is 5.82 Å². The van der Waals surface area contributed by atoms with E-state index < -0.39 is 0 Å². The summed E-state index contributed by atoms with van der Waals surface area (Å²) in [6.45, 7) is 8.62. The predicted molar refractivity (Wildman–Crippen MR) is 71.6 cm³/mol. The van der Waals surface area contributed by atoms with E-state index in [1.165, 1.54) is 0 Å². The van der Waals surface area contributed by atoms with Gasteiger partial charge in [0.15, 0.2) is 0 Å². The standard InChI is InChI=1S/C13H23N3O2/c1-9(7-17)14-11-6-10(8-18-5)15-12(16-11)13(2,3)4/h6,9,17H,7-8H2,1-5H3,(H,14,15,16)/t9-/m0/s1. The van der Waals surface area contributed by atoms with Gasteiger partial charge in [-0.25, -0.2) is 9.97 Å². The molecule has 0 spiro atoms. The largest absolute Gasteiger partial charge is 0.394 e. The smallest absolute Gasteiger partial charge is 0.136 e. The van der Waals surface area contributed by atoms with Crippen molar-refractivity contribution in [3.63, 3.8) is 0 Å². The Hall–Kier alpha value is -1.20. The van der Waals surface area contributed by atoms with Crippen LogP contribution in [0, 0.1) is 0 Å². The van der Waals surface area contributed by atoms with Crippen LogP contribution in [0.2, 0.25) is 0 Å². The maximum atomic E-state index is 9.07. The lowest BCUT2D eigenvalue weighted by atomic mass is 9.95. The number of aliphatic hydroxyl groups is 1. The van der Waals surface area contributed by atoms with Crippen LogP contribution >= 0.6 is 0 Å². The van der Waals surface area contributed by atoms with E-state index in [4.69, 9.17) is 9.84 Å². The molecule has 0 aliphatic carbocycles. The molecular formula is C13H23N3O2. The molecule has 1 atom stereocenters. The Morgan fingerprint density at radius 2 is 2.06 bits per heavy atom. The lowest BCUT2D eigenvalue weighted by molar-refractivity contribution is 0.181. The summed E-state index contributed by atoms with van der Waals surface area (Å²) in [6, 6.07) is 1.81. The zero-order valence-electron chi connectivity index (χ0n) is 11.8. The summed E-state index contributed by atoms with van der Waals surface area (Å²) in [4.78, 5) is 8.97. The highest BCUT2D eigenvalue weighted by molar-refractivity contribution is 5.37. The fourth-order valence-electron chi connectivity index (χ4n) is 1.43. The average Bonchev–Trinajstić information content (AvgIpc) is 2.27. The Morgan fingerprint density at radius 1 is 1.39 bits per heavy atom. The van der Waals surface area contributed by atoms with Gasteiger partial charge in [-0.3, -0.25) is 0 Å². The number of hydrogen-bond acceptors (Lipinski definition) is 5. The van der Waals surface area contributed by atoms with Crippen LogP contribution in [0.4, 0.5) is 5.82 Å². The number of aliphatic hydroxyl groups excluding tert-OH is 1. The molecule has 2 N–H and O–H groups in total. The lowest BCUT2D eigenvalue weighted by Crippen LogP contribution is -2.23. The van der Waals surface area contributed by atoms with Gasteiger partial charge in [-0.2, -0.15) is 0 Å². The molecule has 0 saturated carbocycles. The zero-order valence-corrected chi connectivity index (χ0v) is 11.8. The molecule has 0 aliphatic rings. The van der Waals surface area contributed by atoms with Crippen LogP contribution in [-0.2, 0) is 16.8 Å². The third kappa shape index (κ3) is 4.23. The highest BCUT2D eigenvalue weighted by Gasteiger charge is 2.19. The number of aromatic nitrogens is 2. The van der Waals surface area contributed by atoms with E-state index in [1.807, 2.05) is 13.0 Å². The number of anilines is 1. The highest BCUT2D eigenvalue weighted by atomic mass is 16.5. The van der Waals surface area contributed by atoms with Crippen LogP contribution < -0.4 is 5.32 Å². The molecule has 1 aromatic rings. The summed E-state index contributed by atoms with van der Waals surface area (Å²) in [7, 11) is 1.64. The third-order valence-electron chi connectivity index (χ3n) is 2.41. The molecule has 1 heterocycles. The second-order valence-corrected chi connectivity index (χ2v) is 5.48. The van der Waals surface area contributed by atoms with E-state index in [0.717, 1.165) is 17.3 Å². The average molecular weight is 253 g/mol. The topological polar surface area (TPSA) is 67.3 Å². The Balaban J connectivity index is 3.06. The molecule has 1 aromatic heterocycles. The lowest BCUT2D eigenvalue weighted by Gasteiger charge is -2.20. The number of hydrogen-bond donors (Lipinski definition) is 2. The molecule has 5 heteroatoms. The summed E-state index contributed by atoms with van der Waals surface area (Å²) in [6.07, 6.45) is 0. The van der Waals surface area contributed by atoms with Crippen molar-refractivity contribution in [3.05, 3.63) is 17.6 Å². The molecule has 102 valence electrons. The minimum absolute atomic E-state index is 0.0388. The van der Waals surface area contributed by atoms with E-state index in [0.29, 0.717) is 6.61 Å². The highest BCUT2D eigenvalue weighted by Crippen LogP contribution is 2.21. The van der Waals surface area contributed by atoms with Gasteiger partial charge >= 0.3 is 0 Å². The van der Waals surface area contributed by atoms with E-state index in [2.05, 4.69) is 36.1 Å². The van der Waals surface area contributed by atoms with Gasteiger partial charge in [-0.05, 0) is 6.92 Å². The van der Waals surface area contributed by atoms with Crippen LogP contribution in [0.1, 0.15) is 39.2 Å². The minimum atomic E-state index is -0.122. The van der Waals surface area contributed by atoms with Crippen LogP contribution in [-0.4, -0.2) is 34.8 Å². The van der Waals surface area contributed by atoms with E-state index in [1.54, 1.807) is 7.11 Å². The third-order valence-corrected chi connectivity index (χ3v) is 2.41. The molecule has 5 nitrogen and oxygen atoms in total. The van der Waals surface area contributed by atoms with Crippen LogP contribution in [0.5, 0.6) is 0 Å². The minimum Gasteiger partial charge on any atom is -0.394 e. The van der Waals surface area contributed by atoms with Crippen molar-refractivity contribution in [2.75, 3.05) is 19.0 Å². The van der Waals surface area contributed by atoms with Gasteiger partial charge in [0.1, 0.15) is 11.6 Å². The number of methoxy groups -OCH3 is 1. The van der Waals surface area contributed by atoms with Crippen molar-refractivity contribution in [1.82, 2.24) is 9.97 Å². The summed E-state index contributed by atoms with van der Waals surface area (Å²) >= 11 is 0. The Kier molecular flexibility index (Phi) is 5.04. The van der Waals surface area contributed by atoms with Crippen molar-refractivity contribution in [2.45, 2.75) is 45.8 Å². The van der Waals surface area contributed by atoms with Crippen molar-refractivity contribution < 1.29 is 9.84 Å². The molecule has 0 unspecified atom stereocenters. The number of nitrogens with one attached hydrogen (secondary N) is 1.